The van der Waals surface area contributed by atoms with E-state index in [4.69, 9.17) is 4.74 Å². The number of Topliss-reactive ketones (excluding diaryl/α,β-unsaturated/α-hetero) is 1. The number of nitrogens with zero attached hydrogens (tertiary/aromatic N) is 3. The zero-order chi connectivity index (χ0) is 18.7. The van der Waals surface area contributed by atoms with Crippen molar-refractivity contribution < 1.29 is 14.3 Å². The highest BCUT2D eigenvalue weighted by molar-refractivity contribution is 8.01. The fraction of sp³-hybridized carbons (Fsp3) is 0.263. The maximum atomic E-state index is 12.1. The highest BCUT2D eigenvalue weighted by Gasteiger charge is 2.27. The average molecular weight is 369 g/mol. The molecule has 0 saturated heterocycles. The smallest absolute Gasteiger partial charge is 0.327 e. The number of hydrogen-bond donors (Lipinski definition) is 0. The summed E-state index contributed by atoms with van der Waals surface area (Å²) in [6.45, 7) is 5.21. The van der Waals surface area contributed by atoms with Gasteiger partial charge in [0.15, 0.2) is 16.7 Å². The molecule has 0 fully saturated rings. The molecule has 3 aromatic rings. The second-order valence-corrected chi connectivity index (χ2v) is 6.88. The summed E-state index contributed by atoms with van der Waals surface area (Å²) in [5.74, 6) is -0.797. The SMILES string of the molecule is CCOC(=O)[C@@H](Sc1cc(C)nc2c(-c3ccccc3)cnn12)C(C)=O. The van der Waals surface area contributed by atoms with E-state index in [9.17, 15) is 9.59 Å². The van der Waals surface area contributed by atoms with Gasteiger partial charge in [-0.3, -0.25) is 9.59 Å². The van der Waals surface area contributed by atoms with Gasteiger partial charge in [-0.05, 0) is 32.4 Å². The molecule has 0 radical (unpaired) electrons. The molecule has 0 N–H and O–H groups in total. The number of benzene rings is 1. The molecule has 2 aromatic heterocycles. The van der Waals surface area contributed by atoms with Crippen LogP contribution in [0.4, 0.5) is 0 Å². The molecule has 1 atom stereocenters. The van der Waals surface area contributed by atoms with Gasteiger partial charge in [-0.1, -0.05) is 42.1 Å². The molecule has 7 heteroatoms. The fourth-order valence-electron chi connectivity index (χ4n) is 2.59. The number of carbonyl (C=O) groups is 2. The number of esters is 1. The third-order valence-electron chi connectivity index (χ3n) is 3.76. The maximum absolute atomic E-state index is 12.1. The van der Waals surface area contributed by atoms with Crippen LogP contribution in [0.25, 0.3) is 16.8 Å². The van der Waals surface area contributed by atoms with E-state index >= 15 is 0 Å². The van der Waals surface area contributed by atoms with Crippen molar-refractivity contribution in [1.82, 2.24) is 14.6 Å². The average Bonchev–Trinajstić information content (AvgIpc) is 3.03. The standard InChI is InChI=1S/C19H19N3O3S/c1-4-25-19(24)17(13(3)23)26-16-10-12(2)21-18-15(11-20-22(16)18)14-8-6-5-7-9-14/h5-11,17H,4H2,1-3H3/t17-/m0/s1. The number of aryl methyl sites for hydroxylation is 1. The van der Waals surface area contributed by atoms with E-state index in [2.05, 4.69) is 10.1 Å². The minimum absolute atomic E-state index is 0.230. The van der Waals surface area contributed by atoms with Crippen LogP contribution in [0.3, 0.4) is 0 Å². The minimum Gasteiger partial charge on any atom is -0.465 e. The molecule has 1 aromatic carbocycles. The van der Waals surface area contributed by atoms with Crippen molar-refractivity contribution in [3.63, 3.8) is 0 Å². The first-order valence-electron chi connectivity index (χ1n) is 8.25. The molecule has 0 spiro atoms. The molecule has 0 amide bonds. The molecule has 26 heavy (non-hydrogen) atoms. The molecular weight excluding hydrogens is 350 g/mol. The summed E-state index contributed by atoms with van der Waals surface area (Å²) in [5, 5.41) is 4.17. The first-order valence-corrected chi connectivity index (χ1v) is 9.13. The Morgan fingerprint density at radius 3 is 2.65 bits per heavy atom. The molecule has 3 rings (SSSR count). The monoisotopic (exact) mass is 369 g/mol. The van der Waals surface area contributed by atoms with Gasteiger partial charge in [0, 0.05) is 11.3 Å². The Balaban J connectivity index is 2.05. The Morgan fingerprint density at radius 1 is 1.27 bits per heavy atom. The van der Waals surface area contributed by atoms with E-state index in [1.165, 1.54) is 6.92 Å². The van der Waals surface area contributed by atoms with Gasteiger partial charge >= 0.3 is 5.97 Å². The molecule has 0 bridgehead atoms. The van der Waals surface area contributed by atoms with E-state index in [1.54, 1.807) is 17.6 Å². The number of ketones is 1. The number of carbonyl (C=O) groups excluding carboxylic acids is 2. The van der Waals surface area contributed by atoms with Crippen molar-refractivity contribution in [3.05, 3.63) is 48.3 Å². The number of ether oxygens (including phenoxy) is 1. The lowest BCUT2D eigenvalue weighted by atomic mass is 10.1. The molecule has 2 heterocycles. The van der Waals surface area contributed by atoms with Crippen molar-refractivity contribution >= 4 is 29.2 Å². The van der Waals surface area contributed by atoms with Gasteiger partial charge in [0.25, 0.3) is 0 Å². The van der Waals surface area contributed by atoms with Gasteiger partial charge < -0.3 is 4.74 Å². The van der Waals surface area contributed by atoms with Crippen molar-refractivity contribution in [2.45, 2.75) is 31.0 Å². The highest BCUT2D eigenvalue weighted by atomic mass is 32.2. The lowest BCUT2D eigenvalue weighted by Gasteiger charge is -2.13. The lowest BCUT2D eigenvalue weighted by Crippen LogP contribution is -2.27. The van der Waals surface area contributed by atoms with Crippen LogP contribution in [0.5, 0.6) is 0 Å². The molecule has 6 nitrogen and oxygen atoms in total. The van der Waals surface area contributed by atoms with Crippen LogP contribution in [0.2, 0.25) is 0 Å². The molecule has 0 aliphatic rings. The topological polar surface area (TPSA) is 73.6 Å². The summed E-state index contributed by atoms with van der Waals surface area (Å²) in [5.41, 5.74) is 3.37. The van der Waals surface area contributed by atoms with Gasteiger partial charge in [-0.25, -0.2) is 9.50 Å². The van der Waals surface area contributed by atoms with Crippen molar-refractivity contribution in [1.29, 1.82) is 0 Å². The first kappa shape index (κ1) is 18.1. The number of rotatable bonds is 6. The summed E-state index contributed by atoms with van der Waals surface area (Å²) in [4.78, 5) is 28.7. The van der Waals surface area contributed by atoms with Crippen LogP contribution in [0.1, 0.15) is 19.5 Å². The molecule has 0 saturated carbocycles. The van der Waals surface area contributed by atoms with Crippen LogP contribution in [0, 0.1) is 6.92 Å². The number of fused-ring (bicyclic) bond motifs is 1. The summed E-state index contributed by atoms with van der Waals surface area (Å²) in [6, 6.07) is 11.7. The van der Waals surface area contributed by atoms with Crippen molar-refractivity contribution in [2.75, 3.05) is 6.61 Å². The largest absolute Gasteiger partial charge is 0.465 e. The quantitative estimate of drug-likeness (QED) is 0.287. The zero-order valence-electron chi connectivity index (χ0n) is 14.8. The van der Waals surface area contributed by atoms with E-state index in [0.717, 1.165) is 28.6 Å². The molecule has 0 unspecified atom stereocenters. The van der Waals surface area contributed by atoms with Gasteiger partial charge in [0.2, 0.25) is 0 Å². The Hall–Kier alpha value is -2.67. The Morgan fingerprint density at radius 2 is 2.00 bits per heavy atom. The lowest BCUT2D eigenvalue weighted by molar-refractivity contribution is -0.144. The zero-order valence-corrected chi connectivity index (χ0v) is 15.6. The van der Waals surface area contributed by atoms with Gasteiger partial charge in [0.05, 0.1) is 12.8 Å². The highest BCUT2D eigenvalue weighted by Crippen LogP contribution is 2.30. The number of hydrogen-bond acceptors (Lipinski definition) is 6. The molecule has 134 valence electrons. The van der Waals surface area contributed by atoms with Crippen molar-refractivity contribution in [3.8, 4) is 11.1 Å². The predicted octanol–water partition coefficient (Wildman–Crippen LogP) is 3.32. The number of thioether (sulfide) groups is 1. The van der Waals surface area contributed by atoms with E-state index < -0.39 is 11.2 Å². The van der Waals surface area contributed by atoms with Crippen molar-refractivity contribution in [2.24, 2.45) is 0 Å². The van der Waals surface area contributed by atoms with Crippen LogP contribution in [-0.4, -0.2) is 38.2 Å². The minimum atomic E-state index is -0.927. The normalized spacial score (nSPS) is 12.1. The third-order valence-corrected chi connectivity index (χ3v) is 5.05. The predicted molar refractivity (Wildman–Crippen MR) is 100 cm³/mol. The van der Waals surface area contributed by atoms with Crippen LogP contribution < -0.4 is 0 Å². The summed E-state index contributed by atoms with van der Waals surface area (Å²) in [6.07, 6.45) is 1.74. The fourth-order valence-corrected chi connectivity index (χ4v) is 3.63. The Kier molecular flexibility index (Phi) is 5.37. The van der Waals surface area contributed by atoms with Gasteiger partial charge in [-0.15, -0.1) is 0 Å². The molecule has 0 aliphatic heterocycles. The van der Waals surface area contributed by atoms with E-state index in [0.29, 0.717) is 10.7 Å². The van der Waals surface area contributed by atoms with E-state index in [1.807, 2.05) is 43.3 Å². The third kappa shape index (κ3) is 3.62. The number of aromatic nitrogens is 3. The first-order chi connectivity index (χ1) is 12.5. The van der Waals surface area contributed by atoms with Crippen LogP contribution >= 0.6 is 11.8 Å². The Bertz CT molecular complexity index is 953. The summed E-state index contributed by atoms with van der Waals surface area (Å²) < 4.78 is 6.69. The van der Waals surface area contributed by atoms with Gasteiger partial charge in [0.1, 0.15) is 5.03 Å². The van der Waals surface area contributed by atoms with Gasteiger partial charge in [-0.2, -0.15) is 5.10 Å². The van der Waals surface area contributed by atoms with Crippen LogP contribution in [-0.2, 0) is 14.3 Å². The maximum Gasteiger partial charge on any atom is 0.327 e. The summed E-state index contributed by atoms with van der Waals surface area (Å²) >= 11 is 1.13. The second kappa shape index (κ2) is 7.70. The summed E-state index contributed by atoms with van der Waals surface area (Å²) in [7, 11) is 0. The van der Waals surface area contributed by atoms with E-state index in [-0.39, 0.29) is 12.4 Å². The van der Waals surface area contributed by atoms with Crippen LogP contribution in [0.15, 0.2) is 47.6 Å². The molecule has 0 aliphatic carbocycles. The molecular formula is C19H19N3O3S. The Labute approximate surface area is 155 Å². The second-order valence-electron chi connectivity index (χ2n) is 5.76.